The van der Waals surface area contributed by atoms with Crippen molar-refractivity contribution in [3.8, 4) is 0 Å². The van der Waals surface area contributed by atoms with E-state index in [0.717, 1.165) is 17.9 Å². The van der Waals surface area contributed by atoms with Crippen LogP contribution in [-0.4, -0.2) is 23.5 Å². The lowest BCUT2D eigenvalue weighted by Crippen LogP contribution is -2.20. The van der Waals surface area contributed by atoms with E-state index in [0.29, 0.717) is 17.7 Å². The normalized spacial score (nSPS) is 12.6. The minimum Gasteiger partial charge on any atom is -0.325 e. The molecule has 1 aliphatic rings. The van der Waals surface area contributed by atoms with Gasteiger partial charge in [-0.25, -0.2) is 0 Å². The molecule has 3 amide bonds. The third kappa shape index (κ3) is 4.28. The van der Waals surface area contributed by atoms with E-state index in [9.17, 15) is 14.4 Å². The highest BCUT2D eigenvalue weighted by atomic mass is 32.2. The summed E-state index contributed by atoms with van der Waals surface area (Å²) in [5.74, 6) is 0.772. The summed E-state index contributed by atoms with van der Waals surface area (Å²) in [6.45, 7) is 0. The zero-order valence-corrected chi connectivity index (χ0v) is 14.4. The standard InChI is InChI=1S/C19H18N2O3S/c22-16(10-5-11-25-12-13-6-2-1-3-7-13)20-15-9-4-8-14-17(15)19(24)21-18(14)23/h1-4,6-9H,5,10-12H2,(H,20,22)(H,21,23,24). The first kappa shape index (κ1) is 17.2. The van der Waals surface area contributed by atoms with Gasteiger partial charge in [0.25, 0.3) is 11.8 Å². The Balaban J connectivity index is 1.46. The van der Waals surface area contributed by atoms with E-state index >= 15 is 0 Å². The van der Waals surface area contributed by atoms with Gasteiger partial charge < -0.3 is 5.32 Å². The van der Waals surface area contributed by atoms with Crippen molar-refractivity contribution in [3.05, 3.63) is 65.2 Å². The summed E-state index contributed by atoms with van der Waals surface area (Å²) >= 11 is 1.79. The largest absolute Gasteiger partial charge is 0.325 e. The molecule has 2 aromatic carbocycles. The highest BCUT2D eigenvalue weighted by Crippen LogP contribution is 2.24. The molecule has 0 aliphatic carbocycles. The van der Waals surface area contributed by atoms with E-state index < -0.39 is 11.8 Å². The van der Waals surface area contributed by atoms with Gasteiger partial charge in [0, 0.05) is 12.2 Å². The number of hydrogen-bond acceptors (Lipinski definition) is 4. The molecule has 128 valence electrons. The predicted octanol–water partition coefficient (Wildman–Crippen LogP) is 3.22. The van der Waals surface area contributed by atoms with E-state index in [-0.39, 0.29) is 11.5 Å². The molecule has 1 aliphatic heterocycles. The molecule has 0 atom stereocenters. The average Bonchev–Trinajstić information content (AvgIpc) is 2.91. The maximum Gasteiger partial charge on any atom is 0.261 e. The summed E-state index contributed by atoms with van der Waals surface area (Å²) in [5.41, 5.74) is 2.22. The van der Waals surface area contributed by atoms with Crippen molar-refractivity contribution in [2.24, 2.45) is 0 Å². The smallest absolute Gasteiger partial charge is 0.261 e. The van der Waals surface area contributed by atoms with Gasteiger partial charge in [0.05, 0.1) is 16.8 Å². The van der Waals surface area contributed by atoms with E-state index in [4.69, 9.17) is 0 Å². The summed E-state index contributed by atoms with van der Waals surface area (Å²) in [6, 6.07) is 15.1. The van der Waals surface area contributed by atoms with Crippen molar-refractivity contribution >= 4 is 35.2 Å². The lowest BCUT2D eigenvalue weighted by molar-refractivity contribution is -0.116. The van der Waals surface area contributed by atoms with Crippen molar-refractivity contribution in [2.75, 3.05) is 11.1 Å². The van der Waals surface area contributed by atoms with Crippen LogP contribution < -0.4 is 10.6 Å². The van der Waals surface area contributed by atoms with Crippen molar-refractivity contribution < 1.29 is 14.4 Å². The highest BCUT2D eigenvalue weighted by Gasteiger charge is 2.29. The van der Waals surface area contributed by atoms with Crippen LogP contribution in [0.3, 0.4) is 0 Å². The SMILES string of the molecule is O=C(CCCSCc1ccccc1)Nc1cccc2c1C(=O)NC2=O. The van der Waals surface area contributed by atoms with Crippen LogP contribution in [0, 0.1) is 0 Å². The zero-order valence-electron chi connectivity index (χ0n) is 13.6. The van der Waals surface area contributed by atoms with Gasteiger partial charge in [-0.15, -0.1) is 0 Å². The molecule has 3 rings (SSSR count). The molecule has 0 saturated carbocycles. The molecule has 0 saturated heterocycles. The van der Waals surface area contributed by atoms with Crippen LogP contribution in [0.1, 0.15) is 39.1 Å². The molecule has 0 aromatic heterocycles. The van der Waals surface area contributed by atoms with E-state index in [1.165, 1.54) is 5.56 Å². The van der Waals surface area contributed by atoms with E-state index in [1.54, 1.807) is 30.0 Å². The van der Waals surface area contributed by atoms with Crippen LogP contribution in [0.2, 0.25) is 0 Å². The number of carbonyl (C=O) groups is 3. The Morgan fingerprint density at radius 3 is 2.60 bits per heavy atom. The van der Waals surface area contributed by atoms with Gasteiger partial charge in [-0.1, -0.05) is 36.4 Å². The molecule has 0 fully saturated rings. The predicted molar refractivity (Wildman–Crippen MR) is 98.7 cm³/mol. The van der Waals surface area contributed by atoms with Crippen molar-refractivity contribution in [2.45, 2.75) is 18.6 Å². The van der Waals surface area contributed by atoms with Crippen LogP contribution in [0.15, 0.2) is 48.5 Å². The summed E-state index contributed by atoms with van der Waals surface area (Å²) in [7, 11) is 0. The molecule has 6 heteroatoms. The maximum atomic E-state index is 12.1. The second kappa shape index (κ2) is 7.98. The number of benzene rings is 2. The van der Waals surface area contributed by atoms with Crippen molar-refractivity contribution in [1.29, 1.82) is 0 Å². The van der Waals surface area contributed by atoms with Gasteiger partial charge in [0.15, 0.2) is 0 Å². The molecule has 2 N–H and O–H groups in total. The first-order valence-electron chi connectivity index (χ1n) is 8.05. The Morgan fingerprint density at radius 2 is 1.80 bits per heavy atom. The number of hydrogen-bond donors (Lipinski definition) is 2. The van der Waals surface area contributed by atoms with Crippen LogP contribution in [-0.2, 0) is 10.5 Å². The fourth-order valence-corrected chi connectivity index (χ4v) is 3.56. The van der Waals surface area contributed by atoms with Gasteiger partial charge >= 0.3 is 0 Å². The average molecular weight is 354 g/mol. The molecular formula is C19H18N2O3S. The van der Waals surface area contributed by atoms with Crippen LogP contribution in [0.5, 0.6) is 0 Å². The summed E-state index contributed by atoms with van der Waals surface area (Å²) in [4.78, 5) is 35.5. The van der Waals surface area contributed by atoms with E-state index in [1.807, 2.05) is 18.2 Å². The number of imide groups is 1. The number of nitrogens with one attached hydrogen (secondary N) is 2. The first-order valence-corrected chi connectivity index (χ1v) is 9.21. The van der Waals surface area contributed by atoms with Gasteiger partial charge in [-0.05, 0) is 29.9 Å². The lowest BCUT2D eigenvalue weighted by Gasteiger charge is -2.08. The van der Waals surface area contributed by atoms with Gasteiger partial charge in [0.1, 0.15) is 0 Å². The summed E-state index contributed by atoms with van der Waals surface area (Å²) in [6.07, 6.45) is 1.13. The topological polar surface area (TPSA) is 75.3 Å². The molecule has 2 aromatic rings. The van der Waals surface area contributed by atoms with Gasteiger partial charge in [-0.2, -0.15) is 11.8 Å². The number of rotatable bonds is 7. The molecule has 25 heavy (non-hydrogen) atoms. The Labute approximate surface area is 150 Å². The van der Waals surface area contributed by atoms with Crippen LogP contribution >= 0.6 is 11.8 Å². The fraction of sp³-hybridized carbons (Fsp3) is 0.211. The fourth-order valence-electron chi connectivity index (χ4n) is 2.64. The minimum atomic E-state index is -0.464. The second-order valence-corrected chi connectivity index (χ2v) is 6.81. The maximum absolute atomic E-state index is 12.1. The number of carbonyl (C=O) groups excluding carboxylic acids is 3. The zero-order chi connectivity index (χ0) is 17.6. The number of fused-ring (bicyclic) bond motifs is 1. The highest BCUT2D eigenvalue weighted by molar-refractivity contribution is 7.98. The third-order valence-electron chi connectivity index (χ3n) is 3.84. The molecule has 0 spiro atoms. The molecule has 0 unspecified atom stereocenters. The summed E-state index contributed by atoms with van der Waals surface area (Å²) < 4.78 is 0. The Kier molecular flexibility index (Phi) is 5.50. The van der Waals surface area contributed by atoms with Gasteiger partial charge in [0.2, 0.25) is 5.91 Å². The number of amides is 3. The van der Waals surface area contributed by atoms with Crippen LogP contribution in [0.4, 0.5) is 5.69 Å². The van der Waals surface area contributed by atoms with Crippen molar-refractivity contribution in [1.82, 2.24) is 5.32 Å². The molecule has 0 bridgehead atoms. The number of anilines is 1. The van der Waals surface area contributed by atoms with Gasteiger partial charge in [-0.3, -0.25) is 19.7 Å². The van der Waals surface area contributed by atoms with Crippen molar-refractivity contribution in [3.63, 3.8) is 0 Å². The monoisotopic (exact) mass is 354 g/mol. The third-order valence-corrected chi connectivity index (χ3v) is 4.96. The quantitative estimate of drug-likeness (QED) is 0.591. The molecule has 5 nitrogen and oxygen atoms in total. The molecular weight excluding hydrogens is 336 g/mol. The van der Waals surface area contributed by atoms with Crippen LogP contribution in [0.25, 0.3) is 0 Å². The lowest BCUT2D eigenvalue weighted by atomic mass is 10.1. The Hall–Kier alpha value is -2.60. The molecule has 1 heterocycles. The minimum absolute atomic E-state index is 0.152. The Bertz CT molecular complexity index is 806. The van der Waals surface area contributed by atoms with E-state index in [2.05, 4.69) is 22.8 Å². The summed E-state index contributed by atoms with van der Waals surface area (Å²) in [5, 5.41) is 4.98. The molecule has 0 radical (unpaired) electrons. The first-order chi connectivity index (χ1) is 12.1. The second-order valence-electron chi connectivity index (χ2n) is 5.70. The Morgan fingerprint density at radius 1 is 1.00 bits per heavy atom. The number of thioether (sulfide) groups is 1.